The lowest BCUT2D eigenvalue weighted by Gasteiger charge is -2.13. The summed E-state index contributed by atoms with van der Waals surface area (Å²) >= 11 is 0. The smallest absolute Gasteiger partial charge is 0.338 e. The van der Waals surface area contributed by atoms with E-state index in [0.29, 0.717) is 5.69 Å². The van der Waals surface area contributed by atoms with Gasteiger partial charge < -0.3 is 9.84 Å². The van der Waals surface area contributed by atoms with Gasteiger partial charge in [-0.1, -0.05) is 0 Å². The van der Waals surface area contributed by atoms with Gasteiger partial charge in [-0.25, -0.2) is 9.69 Å². The fourth-order valence-corrected chi connectivity index (χ4v) is 1.87. The van der Waals surface area contributed by atoms with E-state index in [0.717, 1.165) is 4.90 Å². The summed E-state index contributed by atoms with van der Waals surface area (Å²) in [7, 11) is 0. The summed E-state index contributed by atoms with van der Waals surface area (Å²) in [6.07, 6.45) is 2.51. The fourth-order valence-electron chi connectivity index (χ4n) is 1.87. The van der Waals surface area contributed by atoms with Crippen LogP contribution >= 0.6 is 0 Å². The molecule has 0 saturated heterocycles. The molecule has 22 heavy (non-hydrogen) atoms. The molecule has 0 aromatic heterocycles. The predicted molar refractivity (Wildman–Crippen MR) is 75.2 cm³/mol. The van der Waals surface area contributed by atoms with Crippen LogP contribution in [0.5, 0.6) is 0 Å². The van der Waals surface area contributed by atoms with Crippen LogP contribution in [0.2, 0.25) is 0 Å². The molecule has 1 aliphatic rings. The third-order valence-corrected chi connectivity index (χ3v) is 2.94. The lowest BCUT2D eigenvalue weighted by atomic mass is 10.2. The average Bonchev–Trinajstić information content (AvgIpc) is 2.82. The first-order chi connectivity index (χ1) is 10.5. The highest BCUT2D eigenvalue weighted by atomic mass is 16.5. The van der Waals surface area contributed by atoms with Crippen LogP contribution in [0.3, 0.4) is 0 Å². The molecule has 1 heterocycles. The first kappa shape index (κ1) is 15.4. The SMILES string of the molecule is O=C(O)CCCOC(=O)c1ccc(N2C(=O)C=CC2=O)cc1. The molecule has 1 N–H and O–H groups in total. The Morgan fingerprint density at radius 3 is 2.18 bits per heavy atom. The van der Waals surface area contributed by atoms with Gasteiger partial charge in [0.2, 0.25) is 0 Å². The molecule has 114 valence electrons. The number of carbonyl (C=O) groups is 4. The van der Waals surface area contributed by atoms with Gasteiger partial charge in [0.1, 0.15) is 0 Å². The molecule has 7 nitrogen and oxygen atoms in total. The highest BCUT2D eigenvalue weighted by Crippen LogP contribution is 2.19. The zero-order chi connectivity index (χ0) is 16.1. The Bertz CT molecular complexity index is 629. The second-order valence-electron chi connectivity index (χ2n) is 4.53. The number of imide groups is 1. The standard InChI is InChI=1S/C15H13NO6/c17-12-7-8-13(18)16(12)11-5-3-10(4-6-11)15(21)22-9-1-2-14(19)20/h3-8H,1-2,9H2,(H,19,20). The number of carboxylic acid groups (broad SMARTS) is 1. The lowest BCUT2D eigenvalue weighted by Crippen LogP contribution is -2.29. The van der Waals surface area contributed by atoms with Crippen LogP contribution in [0, 0.1) is 0 Å². The van der Waals surface area contributed by atoms with Gasteiger partial charge in [0.05, 0.1) is 17.9 Å². The van der Waals surface area contributed by atoms with Crippen LogP contribution in [0.25, 0.3) is 0 Å². The minimum Gasteiger partial charge on any atom is -0.481 e. The summed E-state index contributed by atoms with van der Waals surface area (Å²) in [6.45, 7) is 0.0138. The van der Waals surface area contributed by atoms with Crippen molar-refractivity contribution in [3.8, 4) is 0 Å². The Hall–Kier alpha value is -2.96. The number of nitrogens with zero attached hydrogens (tertiary/aromatic N) is 1. The second kappa shape index (κ2) is 6.66. The second-order valence-corrected chi connectivity index (χ2v) is 4.53. The molecule has 0 unspecified atom stereocenters. The van der Waals surface area contributed by atoms with Crippen molar-refractivity contribution >= 4 is 29.4 Å². The number of amides is 2. The predicted octanol–water partition coefficient (Wildman–Crippen LogP) is 1.14. The van der Waals surface area contributed by atoms with E-state index in [2.05, 4.69) is 0 Å². The molecular formula is C15H13NO6. The van der Waals surface area contributed by atoms with Crippen molar-refractivity contribution in [2.75, 3.05) is 11.5 Å². The monoisotopic (exact) mass is 303 g/mol. The number of carbonyl (C=O) groups excluding carboxylic acids is 3. The first-order valence-corrected chi connectivity index (χ1v) is 6.54. The van der Waals surface area contributed by atoms with Gasteiger partial charge in [0, 0.05) is 18.6 Å². The van der Waals surface area contributed by atoms with Crippen molar-refractivity contribution in [1.82, 2.24) is 0 Å². The summed E-state index contributed by atoms with van der Waals surface area (Å²) in [5.41, 5.74) is 0.619. The minimum atomic E-state index is -0.950. The number of carboxylic acids is 1. The number of anilines is 1. The van der Waals surface area contributed by atoms with Crippen LogP contribution in [0.15, 0.2) is 36.4 Å². The van der Waals surface area contributed by atoms with Gasteiger partial charge in [-0.05, 0) is 30.7 Å². The van der Waals surface area contributed by atoms with E-state index >= 15 is 0 Å². The molecule has 0 saturated carbocycles. The number of aliphatic carboxylic acids is 1. The van der Waals surface area contributed by atoms with E-state index in [1.54, 1.807) is 0 Å². The van der Waals surface area contributed by atoms with Crippen molar-refractivity contribution in [2.24, 2.45) is 0 Å². The van der Waals surface area contributed by atoms with Crippen molar-refractivity contribution in [3.05, 3.63) is 42.0 Å². The topological polar surface area (TPSA) is 101 Å². The molecule has 0 radical (unpaired) electrons. The first-order valence-electron chi connectivity index (χ1n) is 6.54. The fraction of sp³-hybridized carbons (Fsp3) is 0.200. The molecule has 0 bridgehead atoms. The molecule has 2 rings (SSSR count). The van der Waals surface area contributed by atoms with E-state index in [4.69, 9.17) is 9.84 Å². The highest BCUT2D eigenvalue weighted by Gasteiger charge is 2.25. The third kappa shape index (κ3) is 3.57. The van der Waals surface area contributed by atoms with Crippen molar-refractivity contribution in [1.29, 1.82) is 0 Å². The van der Waals surface area contributed by atoms with E-state index in [-0.39, 0.29) is 25.0 Å². The van der Waals surface area contributed by atoms with Gasteiger partial charge in [0.25, 0.3) is 11.8 Å². The lowest BCUT2D eigenvalue weighted by molar-refractivity contribution is -0.137. The molecule has 1 aromatic rings. The van der Waals surface area contributed by atoms with Gasteiger partial charge in [-0.2, -0.15) is 0 Å². The van der Waals surface area contributed by atoms with Crippen LogP contribution in [0.1, 0.15) is 23.2 Å². The highest BCUT2D eigenvalue weighted by molar-refractivity contribution is 6.28. The molecular weight excluding hydrogens is 290 g/mol. The average molecular weight is 303 g/mol. The summed E-state index contributed by atoms with van der Waals surface area (Å²) < 4.78 is 4.92. The number of hydrogen-bond donors (Lipinski definition) is 1. The molecule has 0 aliphatic carbocycles. The third-order valence-electron chi connectivity index (χ3n) is 2.94. The number of rotatable bonds is 6. The van der Waals surface area contributed by atoms with Gasteiger partial charge in [-0.3, -0.25) is 14.4 Å². The molecule has 7 heteroatoms. The van der Waals surface area contributed by atoms with Crippen LogP contribution < -0.4 is 4.90 Å². The maximum absolute atomic E-state index is 11.7. The Labute approximate surface area is 125 Å². The molecule has 0 spiro atoms. The van der Waals surface area contributed by atoms with Crippen molar-refractivity contribution in [3.63, 3.8) is 0 Å². The van der Waals surface area contributed by atoms with Gasteiger partial charge in [-0.15, -0.1) is 0 Å². The molecule has 1 aliphatic heterocycles. The Balaban J connectivity index is 1.94. The number of esters is 1. The summed E-state index contributed by atoms with van der Waals surface area (Å²) in [4.78, 5) is 46.1. The molecule has 0 atom stereocenters. The summed E-state index contributed by atoms with van der Waals surface area (Å²) in [6, 6.07) is 5.81. The van der Waals surface area contributed by atoms with Gasteiger partial charge >= 0.3 is 11.9 Å². The van der Waals surface area contributed by atoms with Crippen LogP contribution in [-0.4, -0.2) is 35.5 Å². The molecule has 1 aromatic carbocycles. The van der Waals surface area contributed by atoms with E-state index < -0.39 is 23.8 Å². The zero-order valence-electron chi connectivity index (χ0n) is 11.5. The van der Waals surface area contributed by atoms with Crippen molar-refractivity contribution in [2.45, 2.75) is 12.8 Å². The quantitative estimate of drug-likeness (QED) is 0.480. The maximum atomic E-state index is 11.7. The van der Waals surface area contributed by atoms with E-state index in [9.17, 15) is 19.2 Å². The van der Waals surface area contributed by atoms with Crippen LogP contribution in [0.4, 0.5) is 5.69 Å². The van der Waals surface area contributed by atoms with Crippen molar-refractivity contribution < 1.29 is 29.0 Å². The largest absolute Gasteiger partial charge is 0.481 e. The molecule has 2 amide bonds. The Kier molecular flexibility index (Phi) is 4.67. The van der Waals surface area contributed by atoms with E-state index in [1.165, 1.54) is 36.4 Å². The van der Waals surface area contributed by atoms with Crippen LogP contribution in [-0.2, 0) is 19.1 Å². The van der Waals surface area contributed by atoms with Gasteiger partial charge in [0.15, 0.2) is 0 Å². The normalized spacial score (nSPS) is 13.5. The summed E-state index contributed by atoms with van der Waals surface area (Å²) in [5.74, 6) is -2.41. The Morgan fingerprint density at radius 2 is 1.64 bits per heavy atom. The molecule has 0 fully saturated rings. The van der Waals surface area contributed by atoms with E-state index in [1.807, 2.05) is 0 Å². The minimum absolute atomic E-state index is 0.0138. The summed E-state index contributed by atoms with van der Waals surface area (Å²) in [5, 5.41) is 8.47. The Morgan fingerprint density at radius 1 is 1.05 bits per heavy atom. The number of benzene rings is 1. The zero-order valence-corrected chi connectivity index (χ0v) is 11.5. The number of ether oxygens (including phenoxy) is 1. The maximum Gasteiger partial charge on any atom is 0.338 e. The number of hydrogen-bond acceptors (Lipinski definition) is 5.